The van der Waals surface area contributed by atoms with Crippen molar-refractivity contribution in [2.75, 3.05) is 6.54 Å². The lowest BCUT2D eigenvalue weighted by atomic mass is 9.65. The van der Waals surface area contributed by atoms with E-state index in [4.69, 9.17) is 0 Å². The second kappa shape index (κ2) is 9.08. The normalized spacial score (nSPS) is 22.9. The van der Waals surface area contributed by atoms with Gasteiger partial charge in [-0.2, -0.15) is 5.10 Å². The topological polar surface area (TPSA) is 67.2 Å². The van der Waals surface area contributed by atoms with Crippen molar-refractivity contribution in [2.45, 2.75) is 58.0 Å². The van der Waals surface area contributed by atoms with Crippen molar-refractivity contribution in [1.82, 2.24) is 15.1 Å². The van der Waals surface area contributed by atoms with Crippen LogP contribution in [0.15, 0.2) is 60.3 Å². The average molecular weight is 474 g/mol. The zero-order valence-electron chi connectivity index (χ0n) is 20.4. The molecule has 1 amide bonds. The third-order valence-electron chi connectivity index (χ3n) is 8.01. The largest absolute Gasteiger partial charge is 0.389 e. The SMILES string of the molecule is CCNC(=O)Cc1ccccc1CC[C@]1(O)CCC2=Cc3c(cnn3-c3ccc(F)cc3)C[C@@]21C. The average Bonchev–Trinajstić information content (AvgIpc) is 3.35. The van der Waals surface area contributed by atoms with Crippen molar-refractivity contribution in [2.24, 2.45) is 5.41 Å². The second-order valence-corrected chi connectivity index (χ2v) is 10.1. The van der Waals surface area contributed by atoms with Crippen LogP contribution in [-0.4, -0.2) is 32.9 Å². The van der Waals surface area contributed by atoms with Crippen molar-refractivity contribution >= 4 is 12.0 Å². The monoisotopic (exact) mass is 473 g/mol. The molecule has 2 aromatic carbocycles. The number of aromatic nitrogens is 2. The first-order valence-electron chi connectivity index (χ1n) is 12.4. The molecule has 0 radical (unpaired) electrons. The van der Waals surface area contributed by atoms with Crippen LogP contribution in [0.4, 0.5) is 4.39 Å². The van der Waals surface area contributed by atoms with Crippen molar-refractivity contribution in [1.29, 1.82) is 0 Å². The molecular formula is C29H32FN3O2. The Morgan fingerprint density at radius 1 is 1.17 bits per heavy atom. The summed E-state index contributed by atoms with van der Waals surface area (Å²) in [5, 5.41) is 19.4. The van der Waals surface area contributed by atoms with Crippen molar-refractivity contribution < 1.29 is 14.3 Å². The molecule has 0 spiro atoms. The zero-order valence-corrected chi connectivity index (χ0v) is 20.4. The molecule has 2 N–H and O–H groups in total. The van der Waals surface area contributed by atoms with Crippen molar-refractivity contribution in [3.8, 4) is 5.69 Å². The fraction of sp³-hybridized carbons (Fsp3) is 0.379. The van der Waals surface area contributed by atoms with Crippen LogP contribution in [0.3, 0.4) is 0 Å². The molecule has 1 aromatic heterocycles. The number of likely N-dealkylation sites (N-methyl/N-ethyl adjacent to an activating group) is 1. The molecule has 5 rings (SSSR count). The van der Waals surface area contributed by atoms with Crippen LogP contribution >= 0.6 is 0 Å². The minimum Gasteiger partial charge on any atom is -0.389 e. The van der Waals surface area contributed by atoms with Gasteiger partial charge in [-0.15, -0.1) is 0 Å². The van der Waals surface area contributed by atoms with Crippen LogP contribution in [0.25, 0.3) is 11.8 Å². The summed E-state index contributed by atoms with van der Waals surface area (Å²) < 4.78 is 15.3. The number of carbonyl (C=O) groups excluding carboxylic acids is 1. The van der Waals surface area contributed by atoms with Crippen LogP contribution < -0.4 is 5.32 Å². The Bertz CT molecular complexity index is 1280. The van der Waals surface area contributed by atoms with E-state index in [1.165, 1.54) is 17.7 Å². The summed E-state index contributed by atoms with van der Waals surface area (Å²) in [6, 6.07) is 14.4. The van der Waals surface area contributed by atoms with Crippen LogP contribution in [0.2, 0.25) is 0 Å². The van der Waals surface area contributed by atoms with E-state index in [9.17, 15) is 14.3 Å². The van der Waals surface area contributed by atoms with E-state index in [-0.39, 0.29) is 17.1 Å². The number of aliphatic hydroxyl groups is 1. The van der Waals surface area contributed by atoms with Crippen LogP contribution in [0.5, 0.6) is 0 Å². The summed E-state index contributed by atoms with van der Waals surface area (Å²) in [7, 11) is 0. The maximum Gasteiger partial charge on any atom is 0.224 e. The lowest BCUT2D eigenvalue weighted by molar-refractivity contribution is -0.120. The Kier molecular flexibility index (Phi) is 6.09. The predicted octanol–water partition coefficient (Wildman–Crippen LogP) is 4.79. The minimum atomic E-state index is -0.840. The molecule has 1 fully saturated rings. The number of rotatable bonds is 7. The number of carbonyl (C=O) groups is 1. The molecule has 2 aliphatic carbocycles. The second-order valence-electron chi connectivity index (χ2n) is 10.1. The molecule has 2 atom stereocenters. The number of fused-ring (bicyclic) bond motifs is 2. The number of aryl methyl sites for hydroxylation is 1. The fourth-order valence-electron chi connectivity index (χ4n) is 5.87. The smallest absolute Gasteiger partial charge is 0.224 e. The first-order chi connectivity index (χ1) is 16.8. The van der Waals surface area contributed by atoms with Gasteiger partial charge < -0.3 is 10.4 Å². The summed E-state index contributed by atoms with van der Waals surface area (Å²) in [6.45, 7) is 4.71. The van der Waals surface area contributed by atoms with Gasteiger partial charge in [-0.05, 0) is 86.1 Å². The lowest BCUT2D eigenvalue weighted by Crippen LogP contribution is -2.45. The van der Waals surface area contributed by atoms with Gasteiger partial charge >= 0.3 is 0 Å². The number of halogens is 1. The van der Waals surface area contributed by atoms with Gasteiger partial charge in [0.25, 0.3) is 0 Å². The molecule has 182 valence electrons. The molecule has 0 saturated heterocycles. The molecule has 1 saturated carbocycles. The van der Waals surface area contributed by atoms with Crippen LogP contribution in [-0.2, 0) is 24.1 Å². The highest BCUT2D eigenvalue weighted by molar-refractivity contribution is 5.78. The van der Waals surface area contributed by atoms with E-state index < -0.39 is 5.60 Å². The van der Waals surface area contributed by atoms with Gasteiger partial charge in [0, 0.05) is 12.0 Å². The fourth-order valence-corrected chi connectivity index (χ4v) is 5.87. The number of benzene rings is 2. The Morgan fingerprint density at radius 2 is 1.91 bits per heavy atom. The molecular weight excluding hydrogens is 441 g/mol. The number of nitrogens with zero attached hydrogens (tertiary/aromatic N) is 2. The Balaban J connectivity index is 1.37. The van der Waals surface area contributed by atoms with Crippen molar-refractivity contribution in [3.63, 3.8) is 0 Å². The van der Waals surface area contributed by atoms with Gasteiger partial charge in [0.2, 0.25) is 5.91 Å². The molecule has 2 aliphatic rings. The number of amides is 1. The van der Waals surface area contributed by atoms with Gasteiger partial charge in [-0.25, -0.2) is 9.07 Å². The number of hydrogen-bond donors (Lipinski definition) is 2. The van der Waals surface area contributed by atoms with E-state index in [1.807, 2.05) is 36.0 Å². The highest BCUT2D eigenvalue weighted by atomic mass is 19.1. The highest BCUT2D eigenvalue weighted by Crippen LogP contribution is 2.56. The summed E-state index contributed by atoms with van der Waals surface area (Å²) in [5.41, 5.74) is 5.11. The minimum absolute atomic E-state index is 0.0229. The Labute approximate surface area is 205 Å². The molecule has 0 unspecified atom stereocenters. The van der Waals surface area contributed by atoms with Crippen molar-refractivity contribution in [3.05, 3.63) is 88.5 Å². The Morgan fingerprint density at radius 3 is 2.66 bits per heavy atom. The Hall–Kier alpha value is -3.25. The van der Waals surface area contributed by atoms with E-state index in [0.29, 0.717) is 32.2 Å². The maximum absolute atomic E-state index is 13.4. The molecule has 3 aromatic rings. The molecule has 5 nitrogen and oxygen atoms in total. The van der Waals surface area contributed by atoms with Crippen LogP contribution in [0.1, 0.15) is 55.5 Å². The van der Waals surface area contributed by atoms with E-state index in [1.54, 1.807) is 12.1 Å². The predicted molar refractivity (Wildman–Crippen MR) is 135 cm³/mol. The maximum atomic E-state index is 13.4. The number of nitrogens with one attached hydrogen (secondary N) is 1. The standard InChI is InChI=1S/C29H32FN3O2/c1-3-31-27(34)16-21-7-5-4-6-20(21)12-14-29(35)15-13-23-17-26-22(18-28(23,29)2)19-32-33(26)25-10-8-24(30)9-11-25/h4-11,17,19,35H,3,12-16,18H2,1-2H3,(H,31,34)/t28-,29-/m0/s1. The molecule has 0 bridgehead atoms. The van der Waals surface area contributed by atoms with E-state index in [0.717, 1.165) is 40.9 Å². The van der Waals surface area contributed by atoms with Gasteiger partial charge in [-0.1, -0.05) is 36.8 Å². The quantitative estimate of drug-likeness (QED) is 0.518. The lowest BCUT2D eigenvalue weighted by Gasteiger charge is -2.42. The third-order valence-corrected chi connectivity index (χ3v) is 8.01. The summed E-state index contributed by atoms with van der Waals surface area (Å²) in [4.78, 5) is 12.2. The number of hydrogen-bond acceptors (Lipinski definition) is 3. The molecule has 0 aliphatic heterocycles. The molecule has 1 heterocycles. The zero-order chi connectivity index (χ0) is 24.6. The molecule has 35 heavy (non-hydrogen) atoms. The van der Waals surface area contributed by atoms with Gasteiger partial charge in [0.05, 0.1) is 29.6 Å². The van der Waals surface area contributed by atoms with Gasteiger partial charge in [0.15, 0.2) is 0 Å². The van der Waals surface area contributed by atoms with E-state index in [2.05, 4.69) is 29.5 Å². The third kappa shape index (κ3) is 4.20. The first kappa shape index (κ1) is 23.5. The van der Waals surface area contributed by atoms with E-state index >= 15 is 0 Å². The summed E-state index contributed by atoms with van der Waals surface area (Å²) in [6.07, 6.45) is 8.02. The highest BCUT2D eigenvalue weighted by Gasteiger charge is 2.54. The summed E-state index contributed by atoms with van der Waals surface area (Å²) in [5.74, 6) is -0.246. The van der Waals surface area contributed by atoms with Gasteiger partial charge in [0.1, 0.15) is 5.82 Å². The first-order valence-corrected chi connectivity index (χ1v) is 12.4. The van der Waals surface area contributed by atoms with Gasteiger partial charge in [-0.3, -0.25) is 4.79 Å². The van der Waals surface area contributed by atoms with Crippen LogP contribution in [0, 0.1) is 11.2 Å². The summed E-state index contributed by atoms with van der Waals surface area (Å²) >= 11 is 0. The molecule has 6 heteroatoms.